The molecule has 77 valence electrons. The van der Waals surface area contributed by atoms with E-state index >= 15 is 0 Å². The second-order valence-corrected chi connectivity index (χ2v) is 1.92. The molecule has 4 heteroatoms. The van der Waals surface area contributed by atoms with E-state index in [0.29, 0.717) is 13.0 Å². The van der Waals surface area contributed by atoms with Crippen molar-refractivity contribution in [1.82, 2.24) is 0 Å². The molecule has 0 spiro atoms. The van der Waals surface area contributed by atoms with Gasteiger partial charge in [-0.25, -0.2) is 9.79 Å². The molecule has 0 bridgehead atoms. The third-order valence-electron chi connectivity index (χ3n) is 0.334. The number of carbonyl (C=O) groups excluding carboxylic acids is 1. The summed E-state index contributed by atoms with van der Waals surface area (Å²) in [5.41, 5.74) is 0. The number of nitrogens with zero attached hydrogens (tertiary/aromatic N) is 1. The van der Waals surface area contributed by atoms with Crippen LogP contribution in [0.2, 0.25) is 0 Å². The normalized spacial score (nSPS) is 5.92. The van der Waals surface area contributed by atoms with Crippen molar-refractivity contribution in [3.05, 3.63) is 21.8 Å². The van der Waals surface area contributed by atoms with Crippen LogP contribution in [-0.2, 0) is 26.5 Å². The van der Waals surface area contributed by atoms with Crippen LogP contribution in [0.3, 0.4) is 0 Å². The molecule has 0 aliphatic heterocycles. The third-order valence-corrected chi connectivity index (χ3v) is 0.334. The molecule has 13 heavy (non-hydrogen) atoms. The van der Waals surface area contributed by atoms with Crippen LogP contribution < -0.4 is 0 Å². The Morgan fingerprint density at radius 3 is 1.85 bits per heavy atom. The topological polar surface area (TPSA) is 49.7 Å². The van der Waals surface area contributed by atoms with Gasteiger partial charge < -0.3 is 26.9 Å². The van der Waals surface area contributed by atoms with E-state index in [1.54, 1.807) is 13.8 Å². The maximum absolute atomic E-state index is 9.24. The maximum atomic E-state index is 9.24. The molecule has 3 nitrogen and oxygen atoms in total. The number of isocyanates is 1. The van der Waals surface area contributed by atoms with E-state index in [0.717, 1.165) is 0 Å². The number of aliphatic hydroxyl groups is 1. The quantitative estimate of drug-likeness (QED) is 0.335. The van der Waals surface area contributed by atoms with E-state index in [2.05, 4.69) is 11.9 Å². The number of aliphatic imine (C=N–C) groups is 1. The zero-order valence-corrected chi connectivity index (χ0v) is 10.6. The van der Waals surface area contributed by atoms with E-state index in [1.807, 2.05) is 0 Å². The van der Waals surface area contributed by atoms with Crippen LogP contribution in [0.25, 0.3) is 0 Å². The Labute approximate surface area is 97.5 Å². The second-order valence-electron chi connectivity index (χ2n) is 1.92. The molecule has 0 rings (SSSR count). The van der Waals surface area contributed by atoms with Crippen molar-refractivity contribution < 1.29 is 31.6 Å². The van der Waals surface area contributed by atoms with Crippen molar-refractivity contribution in [1.29, 1.82) is 0 Å². The first-order valence-electron chi connectivity index (χ1n) is 3.16. The molecule has 0 aromatic carbocycles. The van der Waals surface area contributed by atoms with Gasteiger partial charge in [0.2, 0.25) is 6.08 Å². The van der Waals surface area contributed by atoms with Gasteiger partial charge >= 0.3 is 21.7 Å². The minimum Gasteiger partial charge on any atom is -0.394 e. The van der Waals surface area contributed by atoms with Gasteiger partial charge in [0.15, 0.2) is 0 Å². The molecular formula is C9H20NO2Ti. The molecule has 0 fully saturated rings. The van der Waals surface area contributed by atoms with Crippen LogP contribution in [0.1, 0.15) is 20.3 Å². The van der Waals surface area contributed by atoms with Crippen LogP contribution in [0.4, 0.5) is 0 Å². The minimum atomic E-state index is -0.167. The Morgan fingerprint density at radius 1 is 1.46 bits per heavy atom. The van der Waals surface area contributed by atoms with Crippen molar-refractivity contribution in [3.63, 3.8) is 0 Å². The van der Waals surface area contributed by atoms with Crippen LogP contribution >= 0.6 is 0 Å². The Kier molecular flexibility index (Phi) is 66.6. The van der Waals surface area contributed by atoms with Crippen molar-refractivity contribution >= 4 is 6.08 Å². The minimum absolute atomic E-state index is 0. The van der Waals surface area contributed by atoms with Gasteiger partial charge in [0.1, 0.15) is 0 Å². The molecule has 0 aliphatic rings. The SMILES string of the molecule is CC(C)O.[CH2-]CCN=C=O.[CH3-].[CH3-].[Ti+3]. The van der Waals surface area contributed by atoms with E-state index < -0.39 is 0 Å². The molecular weight excluding hydrogens is 202 g/mol. The van der Waals surface area contributed by atoms with Gasteiger partial charge in [-0.1, -0.05) is 0 Å². The van der Waals surface area contributed by atoms with Crippen LogP contribution in [0.15, 0.2) is 4.99 Å². The first-order chi connectivity index (χ1) is 4.65. The van der Waals surface area contributed by atoms with Crippen LogP contribution in [0, 0.1) is 21.8 Å². The first-order valence-corrected chi connectivity index (χ1v) is 3.16. The van der Waals surface area contributed by atoms with Gasteiger partial charge in [-0.2, -0.15) is 6.42 Å². The summed E-state index contributed by atoms with van der Waals surface area (Å²) >= 11 is 0. The van der Waals surface area contributed by atoms with Gasteiger partial charge in [0, 0.05) is 12.6 Å². The summed E-state index contributed by atoms with van der Waals surface area (Å²) in [6, 6.07) is 0. The predicted octanol–water partition coefficient (Wildman–Crippen LogP) is 1.83. The number of rotatable bonds is 2. The van der Waals surface area contributed by atoms with Gasteiger partial charge in [-0.05, 0) is 13.8 Å². The average Bonchev–Trinajstić information content (AvgIpc) is 1.82. The molecule has 0 amide bonds. The van der Waals surface area contributed by atoms with Gasteiger partial charge in [0.05, 0.1) is 0 Å². The van der Waals surface area contributed by atoms with E-state index in [-0.39, 0.29) is 42.7 Å². The number of aliphatic hydroxyl groups excluding tert-OH is 1. The molecule has 0 unspecified atom stereocenters. The van der Waals surface area contributed by atoms with Crippen molar-refractivity contribution in [2.24, 2.45) is 4.99 Å². The summed E-state index contributed by atoms with van der Waals surface area (Å²) in [7, 11) is 0. The van der Waals surface area contributed by atoms with Crippen molar-refractivity contribution in [2.75, 3.05) is 6.54 Å². The summed E-state index contributed by atoms with van der Waals surface area (Å²) in [5, 5.41) is 8.06. The van der Waals surface area contributed by atoms with E-state index in [1.165, 1.54) is 6.08 Å². The maximum Gasteiger partial charge on any atom is 3.00 e. The fourth-order valence-corrected chi connectivity index (χ4v) is 0.125. The van der Waals surface area contributed by atoms with Crippen molar-refractivity contribution in [3.8, 4) is 0 Å². The smallest absolute Gasteiger partial charge is 0.394 e. The summed E-state index contributed by atoms with van der Waals surface area (Å²) in [6.07, 6.45) is 1.91. The molecule has 0 heterocycles. The molecule has 0 atom stereocenters. The molecule has 0 aromatic rings. The first kappa shape index (κ1) is 29.2. The molecule has 0 aromatic heterocycles. The Hall–Kier alpha value is 0.0543. The van der Waals surface area contributed by atoms with Gasteiger partial charge in [0.25, 0.3) is 0 Å². The molecule has 0 aliphatic carbocycles. The largest absolute Gasteiger partial charge is 3.00 e. The van der Waals surface area contributed by atoms with Crippen LogP contribution in [0.5, 0.6) is 0 Å². The monoisotopic (exact) mass is 222 g/mol. The van der Waals surface area contributed by atoms with E-state index in [4.69, 9.17) is 5.11 Å². The summed E-state index contributed by atoms with van der Waals surface area (Å²) in [6.45, 7) is 7.40. The Balaban J connectivity index is -0.0000000279. The fraction of sp³-hybridized carbons (Fsp3) is 0.556. The third kappa shape index (κ3) is 131. The summed E-state index contributed by atoms with van der Waals surface area (Å²) < 4.78 is 0. The second kappa shape index (κ2) is 29.6. The molecule has 0 saturated carbocycles. The predicted molar refractivity (Wildman–Crippen MR) is 53.1 cm³/mol. The zero-order chi connectivity index (χ0) is 8.41. The number of hydrogen-bond donors (Lipinski definition) is 1. The zero-order valence-electron chi connectivity index (χ0n) is 9.00. The molecule has 1 radical (unpaired) electrons. The van der Waals surface area contributed by atoms with Crippen LogP contribution in [-0.4, -0.2) is 23.8 Å². The summed E-state index contributed by atoms with van der Waals surface area (Å²) in [4.78, 5) is 12.5. The molecule has 1 N–H and O–H groups in total. The average molecular weight is 222 g/mol. The summed E-state index contributed by atoms with van der Waals surface area (Å²) in [5.74, 6) is 0. The van der Waals surface area contributed by atoms with Gasteiger partial charge in [-0.3, -0.25) is 0 Å². The standard InChI is InChI=1S/C4H6NO.C3H8O.2CH3.Ti/c1-2-3-5-4-6;1-3(2)4;;;/h1-3H2;3-4H,1-2H3;2*1H3;/q-1;;2*-1;+3. The van der Waals surface area contributed by atoms with Crippen molar-refractivity contribution in [2.45, 2.75) is 26.4 Å². The fourth-order valence-electron chi connectivity index (χ4n) is 0.125. The van der Waals surface area contributed by atoms with Gasteiger partial charge in [-0.15, -0.1) is 0 Å². The number of hydrogen-bond acceptors (Lipinski definition) is 3. The Bertz CT molecular complexity index is 99.0. The van der Waals surface area contributed by atoms with E-state index in [9.17, 15) is 4.79 Å². The molecule has 0 saturated heterocycles. The Morgan fingerprint density at radius 2 is 1.77 bits per heavy atom.